The molecule has 2 amide bonds. The molecule has 0 aliphatic carbocycles. The number of carbonyl (C=O) groups excluding carboxylic acids is 2. The molecule has 1 heterocycles. The van der Waals surface area contributed by atoms with Crippen LogP contribution in [0.3, 0.4) is 0 Å². The molecule has 3 aromatic rings. The fourth-order valence-corrected chi connectivity index (χ4v) is 4.66. The van der Waals surface area contributed by atoms with Crippen LogP contribution in [0, 0.1) is 12.3 Å². The van der Waals surface area contributed by atoms with Crippen LogP contribution in [0.25, 0.3) is 22.4 Å². The van der Waals surface area contributed by atoms with Crippen molar-refractivity contribution in [3.05, 3.63) is 70.9 Å². The highest BCUT2D eigenvalue weighted by molar-refractivity contribution is 6.32. The third-order valence-electron chi connectivity index (χ3n) is 7.00. The Morgan fingerprint density at radius 3 is 2.36 bits per heavy atom. The van der Waals surface area contributed by atoms with Gasteiger partial charge in [0.2, 0.25) is 5.91 Å². The van der Waals surface area contributed by atoms with Gasteiger partial charge >= 0.3 is 6.18 Å². The molecule has 0 saturated heterocycles. The minimum Gasteiger partial charge on any atom is -0.492 e. The number of ether oxygens (including phenoxy) is 1. The van der Waals surface area contributed by atoms with Gasteiger partial charge in [0.15, 0.2) is 0 Å². The Bertz CT molecular complexity index is 1450. The van der Waals surface area contributed by atoms with Gasteiger partial charge in [-0.3, -0.25) is 9.59 Å². The molecule has 0 radical (unpaired) electrons. The third-order valence-corrected chi connectivity index (χ3v) is 7.31. The minimum atomic E-state index is -4.53. The van der Waals surface area contributed by atoms with Gasteiger partial charge in [-0.2, -0.15) is 13.2 Å². The molecule has 0 saturated carbocycles. The number of nitrogens with zero attached hydrogens (tertiary/aromatic N) is 2. The minimum absolute atomic E-state index is 0.0886. The molecule has 11 heteroatoms. The van der Waals surface area contributed by atoms with Gasteiger partial charge in [-0.15, -0.1) is 0 Å². The van der Waals surface area contributed by atoms with Crippen molar-refractivity contribution in [2.24, 2.45) is 5.41 Å². The van der Waals surface area contributed by atoms with Gasteiger partial charge in [-0.25, -0.2) is 4.98 Å². The maximum Gasteiger partial charge on any atom is 0.405 e. The van der Waals surface area contributed by atoms with Crippen molar-refractivity contribution in [3.63, 3.8) is 0 Å². The van der Waals surface area contributed by atoms with E-state index in [2.05, 4.69) is 10.2 Å². The van der Waals surface area contributed by atoms with Gasteiger partial charge in [0.1, 0.15) is 18.0 Å². The second kappa shape index (κ2) is 14.9. The molecular weight excluding hydrogens is 593 g/mol. The van der Waals surface area contributed by atoms with E-state index in [1.165, 1.54) is 0 Å². The van der Waals surface area contributed by atoms with Crippen molar-refractivity contribution in [3.8, 4) is 28.1 Å². The van der Waals surface area contributed by atoms with Crippen molar-refractivity contribution in [2.45, 2.75) is 52.8 Å². The number of nitrogens with one attached hydrogen (secondary N) is 2. The summed E-state index contributed by atoms with van der Waals surface area (Å²) in [5, 5.41) is 5.14. The molecule has 0 fully saturated rings. The molecule has 0 unspecified atom stereocenters. The van der Waals surface area contributed by atoms with E-state index >= 15 is 0 Å². The number of pyridine rings is 1. The number of aromatic nitrogens is 1. The van der Waals surface area contributed by atoms with E-state index in [0.717, 1.165) is 29.7 Å². The second-order valence-electron chi connectivity index (χ2n) is 12.0. The molecule has 0 bridgehead atoms. The summed E-state index contributed by atoms with van der Waals surface area (Å²) in [5.74, 6) is -0.876. The predicted molar refractivity (Wildman–Crippen MR) is 168 cm³/mol. The summed E-state index contributed by atoms with van der Waals surface area (Å²) in [6, 6.07) is 15.8. The zero-order valence-corrected chi connectivity index (χ0v) is 26.7. The number of benzene rings is 2. The lowest BCUT2D eigenvalue weighted by atomic mass is 9.84. The van der Waals surface area contributed by atoms with E-state index in [9.17, 15) is 22.8 Å². The van der Waals surface area contributed by atoms with Crippen LogP contribution in [0.15, 0.2) is 54.6 Å². The Morgan fingerprint density at radius 2 is 1.73 bits per heavy atom. The van der Waals surface area contributed by atoms with Crippen LogP contribution in [0.4, 0.5) is 13.2 Å². The summed E-state index contributed by atoms with van der Waals surface area (Å²) < 4.78 is 43.9. The van der Waals surface area contributed by atoms with Crippen molar-refractivity contribution in [2.75, 3.05) is 33.8 Å². The quantitative estimate of drug-likeness (QED) is 0.212. The summed E-state index contributed by atoms with van der Waals surface area (Å²) in [6.45, 7) is 7.25. The van der Waals surface area contributed by atoms with Crippen LogP contribution in [-0.4, -0.2) is 67.7 Å². The normalized spacial score (nSPS) is 12.6. The highest BCUT2D eigenvalue weighted by atomic mass is 35.5. The molecule has 2 N–H and O–H groups in total. The van der Waals surface area contributed by atoms with E-state index in [-0.39, 0.29) is 12.1 Å². The molecule has 44 heavy (non-hydrogen) atoms. The lowest BCUT2D eigenvalue weighted by molar-refractivity contribution is -0.139. The highest BCUT2D eigenvalue weighted by Gasteiger charge is 2.32. The number of carbonyl (C=O) groups is 2. The first kappa shape index (κ1) is 34.9. The van der Waals surface area contributed by atoms with Gasteiger partial charge in [0.05, 0.1) is 17.3 Å². The predicted octanol–water partition coefficient (Wildman–Crippen LogP) is 6.92. The van der Waals surface area contributed by atoms with Crippen molar-refractivity contribution in [1.82, 2.24) is 20.5 Å². The average Bonchev–Trinajstić information content (AvgIpc) is 2.94. The second-order valence-corrected chi connectivity index (χ2v) is 12.5. The molecule has 2 aromatic carbocycles. The van der Waals surface area contributed by atoms with Gasteiger partial charge in [-0.05, 0) is 68.2 Å². The van der Waals surface area contributed by atoms with Crippen LogP contribution < -0.4 is 15.4 Å². The Balaban J connectivity index is 1.97. The first-order valence-corrected chi connectivity index (χ1v) is 14.7. The van der Waals surface area contributed by atoms with Crippen molar-refractivity contribution >= 4 is 23.4 Å². The maximum atomic E-state index is 13.5. The van der Waals surface area contributed by atoms with Crippen LogP contribution in [0.2, 0.25) is 5.02 Å². The van der Waals surface area contributed by atoms with E-state index in [1.54, 1.807) is 39.0 Å². The van der Waals surface area contributed by atoms with Gasteiger partial charge in [-0.1, -0.05) is 62.7 Å². The first-order chi connectivity index (χ1) is 20.5. The molecule has 3 rings (SSSR count). The molecule has 0 spiro atoms. The molecule has 238 valence electrons. The van der Waals surface area contributed by atoms with Crippen LogP contribution in [0.5, 0.6) is 5.75 Å². The monoisotopic (exact) mass is 632 g/mol. The topological polar surface area (TPSA) is 83.6 Å². The summed E-state index contributed by atoms with van der Waals surface area (Å²) >= 11 is 6.46. The zero-order valence-electron chi connectivity index (χ0n) is 25.9. The van der Waals surface area contributed by atoms with Gasteiger partial charge < -0.3 is 20.3 Å². The van der Waals surface area contributed by atoms with Gasteiger partial charge in [0.25, 0.3) is 5.91 Å². The molecular formula is C33H40ClF3N4O3. The highest BCUT2D eigenvalue weighted by Crippen LogP contribution is 2.36. The Kier molecular flexibility index (Phi) is 11.8. The molecule has 7 nitrogen and oxygen atoms in total. The molecule has 0 aliphatic rings. The van der Waals surface area contributed by atoms with E-state index in [4.69, 9.17) is 21.3 Å². The fourth-order valence-electron chi connectivity index (χ4n) is 4.48. The molecule has 1 aromatic heterocycles. The Hall–Kier alpha value is -3.63. The van der Waals surface area contributed by atoms with Crippen molar-refractivity contribution < 1.29 is 27.5 Å². The van der Waals surface area contributed by atoms with Crippen LogP contribution >= 0.6 is 11.6 Å². The number of rotatable bonds is 12. The lowest BCUT2D eigenvalue weighted by Gasteiger charge is -2.31. The summed E-state index contributed by atoms with van der Waals surface area (Å²) in [5.41, 5.74) is 3.40. The molecule has 0 aliphatic heterocycles. The first-order valence-electron chi connectivity index (χ1n) is 14.3. The van der Waals surface area contributed by atoms with E-state index < -0.39 is 36.0 Å². The Morgan fingerprint density at radius 1 is 1.02 bits per heavy atom. The Labute approximate surface area is 262 Å². The number of hydrogen-bond acceptors (Lipinski definition) is 5. The van der Waals surface area contributed by atoms with Gasteiger partial charge in [0, 0.05) is 30.1 Å². The summed E-state index contributed by atoms with van der Waals surface area (Å²) in [7, 11) is 3.98. The number of halogens is 4. The lowest BCUT2D eigenvalue weighted by Crippen LogP contribution is -2.47. The summed E-state index contributed by atoms with van der Waals surface area (Å²) in [4.78, 5) is 32.7. The number of amides is 2. The van der Waals surface area contributed by atoms with Crippen molar-refractivity contribution in [1.29, 1.82) is 0 Å². The number of aryl methyl sites for hydroxylation is 1. The molecule has 1 atom stereocenters. The van der Waals surface area contributed by atoms with E-state index in [1.807, 2.05) is 62.7 Å². The SMILES string of the molecule is Cc1ccccc1-c1ccc(C(=O)N[C@@H](CC(=O)NCC(F)(F)F)C(C)(C)C)nc1-c1ccc(Cl)c(OCCCN(C)C)c1. The van der Waals surface area contributed by atoms with E-state index in [0.29, 0.717) is 28.6 Å². The number of hydrogen-bond donors (Lipinski definition) is 2. The standard InChI is InChI=1S/C33H40ClF3N4O3/c1-21-10-7-8-11-23(21)24-13-15-26(31(43)40-28(32(2,3)4)19-29(42)38-20-33(35,36)37)39-30(24)22-12-14-25(34)27(18-22)44-17-9-16-41(5)6/h7-8,10-15,18,28H,9,16-17,19-20H2,1-6H3,(H,38,42)(H,40,43)/t28-/m0/s1. The smallest absolute Gasteiger partial charge is 0.405 e. The third kappa shape index (κ3) is 10.2. The maximum absolute atomic E-state index is 13.5. The average molecular weight is 633 g/mol. The number of alkyl halides is 3. The fraction of sp³-hybridized carbons (Fsp3) is 0.424. The van der Waals surface area contributed by atoms with Crippen LogP contribution in [0.1, 0.15) is 49.7 Å². The van der Waals surface area contributed by atoms with Crippen LogP contribution in [-0.2, 0) is 4.79 Å². The summed E-state index contributed by atoms with van der Waals surface area (Å²) in [6.07, 6.45) is -4.06. The largest absolute Gasteiger partial charge is 0.492 e. The zero-order chi connectivity index (χ0) is 32.7.